The normalized spacial score (nSPS) is 15.3. The summed E-state index contributed by atoms with van der Waals surface area (Å²) in [6, 6.07) is 10.5. The van der Waals surface area contributed by atoms with Crippen molar-refractivity contribution < 1.29 is 4.74 Å². The number of anilines is 1. The Balaban J connectivity index is 1.57. The van der Waals surface area contributed by atoms with Gasteiger partial charge in [-0.3, -0.25) is 0 Å². The van der Waals surface area contributed by atoms with Crippen molar-refractivity contribution in [2.75, 3.05) is 11.9 Å². The minimum atomic E-state index is 0.584. The van der Waals surface area contributed by atoms with E-state index in [0.29, 0.717) is 12.6 Å². The Morgan fingerprint density at radius 1 is 1.24 bits per heavy atom. The molecule has 0 aliphatic heterocycles. The molecule has 21 heavy (non-hydrogen) atoms. The number of rotatable bonds is 6. The zero-order chi connectivity index (χ0) is 14.5. The van der Waals surface area contributed by atoms with Crippen molar-refractivity contribution in [3.63, 3.8) is 0 Å². The zero-order valence-corrected chi connectivity index (χ0v) is 12.6. The largest absolute Gasteiger partial charge is 0.492 e. The van der Waals surface area contributed by atoms with E-state index in [4.69, 9.17) is 4.74 Å². The molecule has 1 aromatic heterocycles. The van der Waals surface area contributed by atoms with Crippen LogP contribution < -0.4 is 10.1 Å². The molecule has 0 atom stereocenters. The van der Waals surface area contributed by atoms with Crippen LogP contribution in [0.15, 0.2) is 36.5 Å². The third-order valence-corrected chi connectivity index (χ3v) is 3.93. The van der Waals surface area contributed by atoms with Gasteiger partial charge in [0.2, 0.25) is 5.95 Å². The molecule has 1 heterocycles. The van der Waals surface area contributed by atoms with Gasteiger partial charge in [-0.05, 0) is 31.9 Å². The molecule has 4 heteroatoms. The fourth-order valence-corrected chi connectivity index (χ4v) is 2.86. The summed E-state index contributed by atoms with van der Waals surface area (Å²) in [6.07, 6.45) is 7.26. The maximum Gasteiger partial charge on any atom is 0.203 e. The summed E-state index contributed by atoms with van der Waals surface area (Å²) in [6.45, 7) is 3.50. The van der Waals surface area contributed by atoms with E-state index >= 15 is 0 Å². The van der Waals surface area contributed by atoms with Gasteiger partial charge < -0.3 is 14.6 Å². The van der Waals surface area contributed by atoms with Crippen molar-refractivity contribution in [2.45, 2.75) is 45.2 Å². The molecule has 0 saturated heterocycles. The highest BCUT2D eigenvalue weighted by molar-refractivity contribution is 5.30. The molecule has 0 bridgehead atoms. The Hall–Kier alpha value is -1.97. The lowest BCUT2D eigenvalue weighted by atomic mass is 10.2. The number of aryl methyl sites for hydroxylation is 1. The Morgan fingerprint density at radius 3 is 2.76 bits per heavy atom. The van der Waals surface area contributed by atoms with Crippen molar-refractivity contribution in [1.29, 1.82) is 0 Å². The van der Waals surface area contributed by atoms with Crippen LogP contribution in [0.2, 0.25) is 0 Å². The fraction of sp³-hybridized carbons (Fsp3) is 0.471. The summed E-state index contributed by atoms with van der Waals surface area (Å²) in [4.78, 5) is 4.60. The monoisotopic (exact) mass is 285 g/mol. The molecule has 1 aliphatic carbocycles. The summed E-state index contributed by atoms with van der Waals surface area (Å²) >= 11 is 0. The third-order valence-electron chi connectivity index (χ3n) is 3.93. The fourth-order valence-electron chi connectivity index (χ4n) is 2.86. The zero-order valence-electron chi connectivity index (χ0n) is 12.6. The molecule has 1 aromatic carbocycles. The predicted molar refractivity (Wildman–Crippen MR) is 84.8 cm³/mol. The highest BCUT2D eigenvalue weighted by atomic mass is 16.5. The van der Waals surface area contributed by atoms with Crippen LogP contribution in [-0.4, -0.2) is 22.2 Å². The number of imidazole rings is 1. The maximum atomic E-state index is 5.77. The average Bonchev–Trinajstić information content (AvgIpc) is 3.11. The highest BCUT2D eigenvalue weighted by Crippen LogP contribution is 2.22. The first-order chi connectivity index (χ1) is 10.3. The first-order valence-corrected chi connectivity index (χ1v) is 7.79. The van der Waals surface area contributed by atoms with Crippen LogP contribution in [-0.2, 0) is 6.54 Å². The summed E-state index contributed by atoms with van der Waals surface area (Å²) in [5.74, 6) is 1.90. The summed E-state index contributed by atoms with van der Waals surface area (Å²) in [7, 11) is 0. The molecule has 112 valence electrons. The molecule has 0 spiro atoms. The van der Waals surface area contributed by atoms with Crippen LogP contribution in [0.1, 0.15) is 31.4 Å². The number of nitrogens with one attached hydrogen (secondary N) is 1. The molecule has 0 radical (unpaired) electrons. The molecule has 0 unspecified atom stereocenters. The quantitative estimate of drug-likeness (QED) is 0.881. The molecule has 4 nitrogen and oxygen atoms in total. The molecule has 2 aromatic rings. The second-order valence-electron chi connectivity index (χ2n) is 5.69. The highest BCUT2D eigenvalue weighted by Gasteiger charge is 2.17. The SMILES string of the molecule is Cc1cn(CCOc2ccccc2)c(NC2CCCC2)n1. The van der Waals surface area contributed by atoms with E-state index in [-0.39, 0.29) is 0 Å². The summed E-state index contributed by atoms with van der Waals surface area (Å²) in [5, 5.41) is 3.58. The molecule has 1 fully saturated rings. The molecular formula is C17H23N3O. The van der Waals surface area contributed by atoms with E-state index < -0.39 is 0 Å². The number of hydrogen-bond donors (Lipinski definition) is 1. The lowest BCUT2D eigenvalue weighted by Crippen LogP contribution is -2.19. The average molecular weight is 285 g/mol. The van der Waals surface area contributed by atoms with Crippen LogP contribution in [0.25, 0.3) is 0 Å². The van der Waals surface area contributed by atoms with Gasteiger partial charge in [-0.2, -0.15) is 0 Å². The van der Waals surface area contributed by atoms with Crippen LogP contribution in [0.4, 0.5) is 5.95 Å². The lowest BCUT2D eigenvalue weighted by molar-refractivity contribution is 0.299. The third kappa shape index (κ3) is 3.78. The number of aromatic nitrogens is 2. The summed E-state index contributed by atoms with van der Waals surface area (Å²) < 4.78 is 7.93. The smallest absolute Gasteiger partial charge is 0.203 e. The van der Waals surface area contributed by atoms with Gasteiger partial charge in [0.1, 0.15) is 12.4 Å². The van der Waals surface area contributed by atoms with Gasteiger partial charge >= 0.3 is 0 Å². The summed E-state index contributed by atoms with van der Waals surface area (Å²) in [5.41, 5.74) is 1.05. The van der Waals surface area contributed by atoms with Crippen molar-refractivity contribution in [3.05, 3.63) is 42.2 Å². The van der Waals surface area contributed by atoms with Gasteiger partial charge in [0.25, 0.3) is 0 Å². The molecule has 1 saturated carbocycles. The van der Waals surface area contributed by atoms with Crippen molar-refractivity contribution in [2.24, 2.45) is 0 Å². The van der Waals surface area contributed by atoms with Gasteiger partial charge in [0, 0.05) is 12.2 Å². The second kappa shape index (κ2) is 6.66. The Kier molecular flexibility index (Phi) is 4.43. The maximum absolute atomic E-state index is 5.77. The van der Waals surface area contributed by atoms with Gasteiger partial charge in [-0.25, -0.2) is 4.98 Å². The van der Waals surface area contributed by atoms with Crippen molar-refractivity contribution >= 4 is 5.95 Å². The Labute approximate surface area is 126 Å². The first-order valence-electron chi connectivity index (χ1n) is 7.79. The van der Waals surface area contributed by atoms with E-state index in [1.54, 1.807) is 0 Å². The van der Waals surface area contributed by atoms with Crippen LogP contribution in [0, 0.1) is 6.92 Å². The standard InChI is InChI=1S/C17H23N3O/c1-14-13-20(11-12-21-16-9-3-2-4-10-16)17(18-14)19-15-7-5-6-8-15/h2-4,9-10,13,15H,5-8,11-12H2,1H3,(H,18,19). The number of benzene rings is 1. The van der Waals surface area contributed by atoms with Gasteiger partial charge in [0.15, 0.2) is 0 Å². The lowest BCUT2D eigenvalue weighted by Gasteiger charge is -2.15. The van der Waals surface area contributed by atoms with Crippen LogP contribution >= 0.6 is 0 Å². The van der Waals surface area contributed by atoms with E-state index in [9.17, 15) is 0 Å². The van der Waals surface area contributed by atoms with E-state index in [1.807, 2.05) is 37.3 Å². The molecular weight excluding hydrogens is 262 g/mol. The second-order valence-corrected chi connectivity index (χ2v) is 5.69. The Morgan fingerprint density at radius 2 is 2.00 bits per heavy atom. The minimum Gasteiger partial charge on any atom is -0.492 e. The Bertz CT molecular complexity index is 559. The minimum absolute atomic E-state index is 0.584. The molecule has 0 amide bonds. The number of para-hydroxylation sites is 1. The topological polar surface area (TPSA) is 39.1 Å². The molecule has 3 rings (SSSR count). The number of ether oxygens (including phenoxy) is 1. The van der Waals surface area contributed by atoms with E-state index in [2.05, 4.69) is 21.1 Å². The van der Waals surface area contributed by atoms with E-state index in [1.165, 1.54) is 25.7 Å². The predicted octanol–water partition coefficient (Wildman–Crippen LogP) is 3.63. The number of hydrogen-bond acceptors (Lipinski definition) is 3. The molecule has 1 aliphatic rings. The first kappa shape index (κ1) is 14.0. The van der Waals surface area contributed by atoms with Crippen molar-refractivity contribution in [1.82, 2.24) is 9.55 Å². The van der Waals surface area contributed by atoms with Gasteiger partial charge in [-0.15, -0.1) is 0 Å². The van der Waals surface area contributed by atoms with Gasteiger partial charge in [0.05, 0.1) is 12.2 Å². The van der Waals surface area contributed by atoms with Crippen LogP contribution in [0.5, 0.6) is 5.75 Å². The number of nitrogens with zero attached hydrogens (tertiary/aromatic N) is 2. The van der Waals surface area contributed by atoms with E-state index in [0.717, 1.165) is 23.9 Å². The molecule has 1 N–H and O–H groups in total. The van der Waals surface area contributed by atoms with Crippen molar-refractivity contribution in [3.8, 4) is 5.75 Å². The van der Waals surface area contributed by atoms with Crippen LogP contribution in [0.3, 0.4) is 0 Å². The van der Waals surface area contributed by atoms with Gasteiger partial charge in [-0.1, -0.05) is 31.0 Å².